The topological polar surface area (TPSA) is 75.3 Å². The van der Waals surface area contributed by atoms with Gasteiger partial charge in [-0.05, 0) is 49.9 Å². The van der Waals surface area contributed by atoms with Crippen molar-refractivity contribution in [1.29, 1.82) is 0 Å². The van der Waals surface area contributed by atoms with Crippen molar-refractivity contribution in [3.05, 3.63) is 47.5 Å². The van der Waals surface area contributed by atoms with Gasteiger partial charge in [0, 0.05) is 10.8 Å². The average Bonchev–Trinajstić information content (AvgIpc) is 2.57. The fourth-order valence-corrected chi connectivity index (χ4v) is 4.05. The monoisotopic (exact) mass is 392 g/mol. The van der Waals surface area contributed by atoms with Gasteiger partial charge in [-0.25, -0.2) is 8.42 Å². The van der Waals surface area contributed by atoms with Gasteiger partial charge >= 0.3 is 0 Å². The Hall–Kier alpha value is -1.99. The van der Waals surface area contributed by atoms with E-state index in [9.17, 15) is 13.2 Å². The predicted molar refractivity (Wildman–Crippen MR) is 108 cm³/mol. The van der Waals surface area contributed by atoms with Crippen LogP contribution in [0.2, 0.25) is 0 Å². The molecular formula is C19H24N2O3S2. The number of sulfonamides is 1. The molecule has 5 nitrogen and oxygen atoms in total. The van der Waals surface area contributed by atoms with E-state index >= 15 is 0 Å². The molecule has 0 saturated carbocycles. The number of anilines is 2. The lowest BCUT2D eigenvalue weighted by atomic mass is 10.1. The first-order chi connectivity index (χ1) is 12.1. The molecule has 0 fully saturated rings. The van der Waals surface area contributed by atoms with Crippen LogP contribution in [0.25, 0.3) is 0 Å². The number of carbonyl (C=O) groups excluding carboxylic acids is 1. The SMILES string of the molecule is CSc1ccc(S(=O)(=O)Nc2ccc(C)cc2C)cc1NC(=O)C(C)C. The number of rotatable bonds is 6. The standard InChI is InChI=1S/C19H24N2O3S2/c1-12(2)19(22)20-17-11-15(7-9-18(17)25-5)26(23,24)21-16-8-6-13(3)10-14(16)4/h6-12,21H,1-5H3,(H,20,22). The molecule has 0 aliphatic rings. The van der Waals surface area contributed by atoms with Crippen LogP contribution in [0.4, 0.5) is 11.4 Å². The second-order valence-corrected chi connectivity index (χ2v) is 8.96. The predicted octanol–water partition coefficient (Wildman–Crippen LogP) is 4.42. The molecular weight excluding hydrogens is 368 g/mol. The smallest absolute Gasteiger partial charge is 0.261 e. The molecule has 2 rings (SSSR count). The van der Waals surface area contributed by atoms with Crippen LogP contribution in [-0.4, -0.2) is 20.6 Å². The van der Waals surface area contributed by atoms with Crippen molar-refractivity contribution >= 4 is 39.1 Å². The third-order valence-corrected chi connectivity index (χ3v) is 6.05. The Morgan fingerprint density at radius 2 is 1.73 bits per heavy atom. The fourth-order valence-electron chi connectivity index (χ4n) is 2.36. The molecule has 0 atom stereocenters. The molecule has 7 heteroatoms. The summed E-state index contributed by atoms with van der Waals surface area (Å²) in [7, 11) is -3.76. The van der Waals surface area contributed by atoms with Crippen LogP contribution in [0, 0.1) is 19.8 Å². The van der Waals surface area contributed by atoms with Crippen LogP contribution in [0.15, 0.2) is 46.2 Å². The molecule has 0 saturated heterocycles. The maximum Gasteiger partial charge on any atom is 0.261 e. The van der Waals surface area contributed by atoms with Crippen LogP contribution in [0.5, 0.6) is 0 Å². The van der Waals surface area contributed by atoms with Gasteiger partial charge in [0.15, 0.2) is 0 Å². The van der Waals surface area contributed by atoms with E-state index in [1.54, 1.807) is 32.0 Å². The summed E-state index contributed by atoms with van der Waals surface area (Å²) in [6.07, 6.45) is 1.88. The molecule has 0 aliphatic heterocycles. The Morgan fingerprint density at radius 3 is 2.31 bits per heavy atom. The lowest BCUT2D eigenvalue weighted by Crippen LogP contribution is -2.19. The van der Waals surface area contributed by atoms with Crippen LogP contribution >= 0.6 is 11.8 Å². The van der Waals surface area contributed by atoms with Gasteiger partial charge in [0.1, 0.15) is 0 Å². The highest BCUT2D eigenvalue weighted by molar-refractivity contribution is 7.98. The minimum atomic E-state index is -3.76. The number of nitrogens with one attached hydrogen (secondary N) is 2. The summed E-state index contributed by atoms with van der Waals surface area (Å²) in [5, 5.41) is 2.80. The van der Waals surface area contributed by atoms with Crippen LogP contribution in [0.3, 0.4) is 0 Å². The van der Waals surface area contributed by atoms with Crippen molar-refractivity contribution in [2.75, 3.05) is 16.3 Å². The third kappa shape index (κ3) is 4.80. The van der Waals surface area contributed by atoms with E-state index in [2.05, 4.69) is 10.0 Å². The van der Waals surface area contributed by atoms with Gasteiger partial charge < -0.3 is 5.32 Å². The lowest BCUT2D eigenvalue weighted by molar-refractivity contribution is -0.118. The zero-order valence-corrected chi connectivity index (χ0v) is 17.2. The van der Waals surface area contributed by atoms with Crippen molar-refractivity contribution in [3.8, 4) is 0 Å². The van der Waals surface area contributed by atoms with Gasteiger partial charge in [0.25, 0.3) is 10.0 Å². The third-order valence-electron chi connectivity index (χ3n) is 3.89. The van der Waals surface area contributed by atoms with Gasteiger partial charge in [-0.2, -0.15) is 0 Å². The number of benzene rings is 2. The summed E-state index contributed by atoms with van der Waals surface area (Å²) in [4.78, 5) is 12.9. The molecule has 140 valence electrons. The molecule has 0 heterocycles. The Kier molecular flexibility index (Phi) is 6.36. The Morgan fingerprint density at radius 1 is 1.04 bits per heavy atom. The quantitative estimate of drug-likeness (QED) is 0.714. The van der Waals surface area contributed by atoms with Gasteiger partial charge in [0.2, 0.25) is 5.91 Å². The minimum absolute atomic E-state index is 0.106. The largest absolute Gasteiger partial charge is 0.325 e. The number of hydrogen-bond acceptors (Lipinski definition) is 4. The highest BCUT2D eigenvalue weighted by Crippen LogP contribution is 2.30. The first kappa shape index (κ1) is 20.3. The average molecular weight is 393 g/mol. The van der Waals surface area contributed by atoms with Crippen molar-refractivity contribution in [2.45, 2.75) is 37.5 Å². The summed E-state index contributed by atoms with van der Waals surface area (Å²) < 4.78 is 28.2. The first-order valence-corrected chi connectivity index (χ1v) is 10.9. The highest BCUT2D eigenvalue weighted by atomic mass is 32.2. The summed E-state index contributed by atoms with van der Waals surface area (Å²) in [6.45, 7) is 7.39. The molecule has 0 aliphatic carbocycles. The number of aryl methyl sites for hydroxylation is 2. The minimum Gasteiger partial charge on any atom is -0.325 e. The van der Waals surface area contributed by atoms with Gasteiger partial charge in [-0.15, -0.1) is 11.8 Å². The fraction of sp³-hybridized carbons (Fsp3) is 0.316. The van der Waals surface area contributed by atoms with Crippen LogP contribution in [-0.2, 0) is 14.8 Å². The van der Waals surface area contributed by atoms with Gasteiger partial charge in [-0.1, -0.05) is 31.5 Å². The molecule has 26 heavy (non-hydrogen) atoms. The summed E-state index contributed by atoms with van der Waals surface area (Å²) in [5.74, 6) is -0.351. The maximum atomic E-state index is 12.8. The normalized spacial score (nSPS) is 11.5. The van der Waals surface area contributed by atoms with E-state index in [1.807, 2.05) is 32.2 Å². The van der Waals surface area contributed by atoms with Crippen molar-refractivity contribution < 1.29 is 13.2 Å². The van der Waals surface area contributed by atoms with Crippen LogP contribution in [0.1, 0.15) is 25.0 Å². The summed E-state index contributed by atoms with van der Waals surface area (Å²) >= 11 is 1.45. The van der Waals surface area contributed by atoms with Gasteiger partial charge in [-0.3, -0.25) is 9.52 Å². The molecule has 2 aromatic rings. The molecule has 0 spiro atoms. The Bertz CT molecular complexity index is 922. The van der Waals surface area contributed by atoms with Crippen LogP contribution < -0.4 is 10.0 Å². The number of carbonyl (C=O) groups is 1. The van der Waals surface area contributed by atoms with E-state index in [1.165, 1.54) is 17.8 Å². The summed E-state index contributed by atoms with van der Waals surface area (Å²) in [5.41, 5.74) is 2.95. The van der Waals surface area contributed by atoms with E-state index in [0.717, 1.165) is 16.0 Å². The highest BCUT2D eigenvalue weighted by Gasteiger charge is 2.18. The molecule has 0 unspecified atom stereocenters. The van der Waals surface area contributed by atoms with Crippen molar-refractivity contribution in [1.82, 2.24) is 0 Å². The van der Waals surface area contributed by atoms with E-state index in [0.29, 0.717) is 11.4 Å². The molecule has 2 aromatic carbocycles. The number of amides is 1. The second kappa shape index (κ2) is 8.14. The van der Waals surface area contributed by atoms with E-state index in [4.69, 9.17) is 0 Å². The zero-order chi connectivity index (χ0) is 19.5. The molecule has 1 amide bonds. The first-order valence-electron chi connectivity index (χ1n) is 8.23. The van der Waals surface area contributed by atoms with Crippen molar-refractivity contribution in [3.63, 3.8) is 0 Å². The van der Waals surface area contributed by atoms with Gasteiger partial charge in [0.05, 0.1) is 16.3 Å². The van der Waals surface area contributed by atoms with Crippen molar-refractivity contribution in [2.24, 2.45) is 5.92 Å². The second-order valence-electron chi connectivity index (χ2n) is 6.43. The number of thioether (sulfide) groups is 1. The Labute approximate surface area is 159 Å². The van der Waals surface area contributed by atoms with E-state index in [-0.39, 0.29) is 16.7 Å². The zero-order valence-electron chi connectivity index (χ0n) is 15.6. The molecule has 2 N–H and O–H groups in total. The molecule has 0 bridgehead atoms. The number of hydrogen-bond donors (Lipinski definition) is 2. The lowest BCUT2D eigenvalue weighted by Gasteiger charge is -2.15. The maximum absolute atomic E-state index is 12.8. The molecule has 0 radical (unpaired) electrons. The van der Waals surface area contributed by atoms with E-state index < -0.39 is 10.0 Å². The molecule has 0 aromatic heterocycles. The summed E-state index contributed by atoms with van der Waals surface area (Å²) in [6, 6.07) is 10.3. The Balaban J connectivity index is 2.38.